The lowest BCUT2D eigenvalue weighted by Crippen LogP contribution is -2.31. The Kier molecular flexibility index (Phi) is 7.86. The highest BCUT2D eigenvalue weighted by molar-refractivity contribution is 6.46. The summed E-state index contributed by atoms with van der Waals surface area (Å²) in [4.78, 5) is 28.2. The van der Waals surface area contributed by atoms with Crippen LogP contribution in [0.3, 0.4) is 0 Å². The molecule has 0 aliphatic carbocycles. The van der Waals surface area contributed by atoms with Gasteiger partial charge < -0.3 is 19.5 Å². The van der Waals surface area contributed by atoms with E-state index in [0.717, 1.165) is 11.1 Å². The number of likely N-dealkylation sites (tertiary alicyclic amines) is 1. The van der Waals surface area contributed by atoms with Crippen molar-refractivity contribution in [2.24, 2.45) is 0 Å². The zero-order valence-electron chi connectivity index (χ0n) is 22.2. The number of rotatable bonds is 8. The fourth-order valence-corrected chi connectivity index (χ4v) is 4.77. The van der Waals surface area contributed by atoms with Crippen LogP contribution in [0.15, 0.2) is 66.2 Å². The number of carbonyl (C=O) groups is 2. The third kappa shape index (κ3) is 5.42. The number of Topliss-reactive ketones (excluding diaryl/α,β-unsaturated/α-hetero) is 1. The van der Waals surface area contributed by atoms with Gasteiger partial charge in [0.2, 0.25) is 0 Å². The summed E-state index contributed by atoms with van der Waals surface area (Å²) < 4.78 is 24.5. The molecule has 198 valence electrons. The molecule has 3 aromatic rings. The Balaban J connectivity index is 1.80. The Morgan fingerprint density at radius 1 is 1.00 bits per heavy atom. The molecule has 4 rings (SSSR count). The van der Waals surface area contributed by atoms with Crippen molar-refractivity contribution in [2.75, 3.05) is 13.7 Å². The fraction of sp³-hybridized carbons (Fsp3) is 0.290. The first-order valence-corrected chi connectivity index (χ1v) is 12.6. The van der Waals surface area contributed by atoms with Gasteiger partial charge in [-0.05, 0) is 92.8 Å². The average Bonchev–Trinajstić information content (AvgIpc) is 3.14. The maximum atomic E-state index is 13.4. The van der Waals surface area contributed by atoms with E-state index in [1.165, 1.54) is 17.0 Å². The lowest BCUT2D eigenvalue weighted by molar-refractivity contribution is -0.139. The van der Waals surface area contributed by atoms with E-state index in [-0.39, 0.29) is 29.8 Å². The molecule has 6 nitrogen and oxygen atoms in total. The van der Waals surface area contributed by atoms with Crippen LogP contribution in [-0.2, 0) is 16.0 Å². The van der Waals surface area contributed by atoms with E-state index in [4.69, 9.17) is 9.47 Å². The number of benzene rings is 3. The number of aliphatic hydroxyl groups is 1. The predicted molar refractivity (Wildman–Crippen MR) is 144 cm³/mol. The second-order valence-electron chi connectivity index (χ2n) is 9.74. The molecule has 1 amide bonds. The van der Waals surface area contributed by atoms with Gasteiger partial charge >= 0.3 is 0 Å². The maximum absolute atomic E-state index is 13.4. The molecule has 1 aliphatic rings. The second kappa shape index (κ2) is 11.1. The quantitative estimate of drug-likeness (QED) is 0.229. The van der Waals surface area contributed by atoms with E-state index < -0.39 is 17.7 Å². The summed E-state index contributed by atoms with van der Waals surface area (Å²) in [6.45, 7) is 7.73. The van der Waals surface area contributed by atoms with E-state index in [0.29, 0.717) is 34.6 Å². The molecule has 1 N–H and O–H groups in total. The largest absolute Gasteiger partial charge is 0.507 e. The van der Waals surface area contributed by atoms with Gasteiger partial charge in [0.05, 0.1) is 24.8 Å². The zero-order valence-corrected chi connectivity index (χ0v) is 22.2. The normalized spacial score (nSPS) is 16.8. The summed E-state index contributed by atoms with van der Waals surface area (Å²) in [5, 5.41) is 11.5. The molecule has 0 aromatic heterocycles. The highest BCUT2D eigenvalue weighted by Crippen LogP contribution is 2.41. The number of hydrogen-bond donors (Lipinski definition) is 1. The van der Waals surface area contributed by atoms with Gasteiger partial charge in [0, 0.05) is 12.1 Å². The van der Waals surface area contributed by atoms with E-state index in [9.17, 15) is 19.1 Å². The third-order valence-electron chi connectivity index (χ3n) is 6.66. The van der Waals surface area contributed by atoms with Crippen molar-refractivity contribution in [3.05, 3.63) is 99.9 Å². The minimum absolute atomic E-state index is 0.0107. The number of halogens is 1. The number of nitrogens with zero attached hydrogens (tertiary/aromatic N) is 1. The molecule has 1 fully saturated rings. The molecule has 0 saturated carbocycles. The van der Waals surface area contributed by atoms with Gasteiger partial charge in [0.1, 0.15) is 23.1 Å². The first-order valence-electron chi connectivity index (χ1n) is 12.6. The van der Waals surface area contributed by atoms with Crippen LogP contribution in [0.25, 0.3) is 5.76 Å². The lowest BCUT2D eigenvalue weighted by atomic mass is 9.93. The molecule has 1 heterocycles. The van der Waals surface area contributed by atoms with Crippen LogP contribution in [-0.4, -0.2) is 41.5 Å². The van der Waals surface area contributed by atoms with Crippen molar-refractivity contribution >= 4 is 17.4 Å². The van der Waals surface area contributed by atoms with Gasteiger partial charge in [-0.3, -0.25) is 9.59 Å². The Morgan fingerprint density at radius 2 is 1.66 bits per heavy atom. The number of carbonyl (C=O) groups excluding carboxylic acids is 2. The standard InChI is InChI=1S/C31H32FNO5/c1-18(2)38-24-12-8-22(9-13-24)28-27(29(34)25-16-20(4)26(37-5)17-19(25)3)30(35)31(36)33(28)15-14-21-6-10-23(32)11-7-21/h6-13,16-18,28,34H,14-15H2,1-5H3/b29-27+. The van der Waals surface area contributed by atoms with Gasteiger partial charge in [0.25, 0.3) is 11.7 Å². The molecule has 1 unspecified atom stereocenters. The molecule has 3 aromatic carbocycles. The molecule has 0 spiro atoms. The summed E-state index contributed by atoms with van der Waals surface area (Å²) in [6, 6.07) is 16.0. The summed E-state index contributed by atoms with van der Waals surface area (Å²) >= 11 is 0. The molecule has 1 aliphatic heterocycles. The van der Waals surface area contributed by atoms with Crippen molar-refractivity contribution in [1.82, 2.24) is 4.90 Å². The van der Waals surface area contributed by atoms with Crippen molar-refractivity contribution in [3.63, 3.8) is 0 Å². The fourth-order valence-electron chi connectivity index (χ4n) is 4.77. The Bertz CT molecular complexity index is 1380. The Morgan fingerprint density at radius 3 is 2.26 bits per heavy atom. The summed E-state index contributed by atoms with van der Waals surface area (Å²) in [5.74, 6) is -0.692. The molecule has 1 atom stereocenters. The van der Waals surface area contributed by atoms with Crippen LogP contribution in [0.5, 0.6) is 11.5 Å². The SMILES string of the molecule is COc1cc(C)c(/C(O)=C2\C(=O)C(=O)N(CCc3ccc(F)cc3)C2c2ccc(OC(C)C)cc2)cc1C. The minimum Gasteiger partial charge on any atom is -0.507 e. The third-order valence-corrected chi connectivity index (χ3v) is 6.66. The van der Waals surface area contributed by atoms with Gasteiger partial charge in [-0.2, -0.15) is 0 Å². The smallest absolute Gasteiger partial charge is 0.295 e. The zero-order chi connectivity index (χ0) is 27.6. The van der Waals surface area contributed by atoms with Gasteiger partial charge in [-0.1, -0.05) is 24.3 Å². The summed E-state index contributed by atoms with van der Waals surface area (Å²) in [5.41, 5.74) is 3.49. The number of ether oxygens (including phenoxy) is 2. The summed E-state index contributed by atoms with van der Waals surface area (Å²) in [6.07, 6.45) is 0.405. The number of aliphatic hydroxyl groups excluding tert-OH is 1. The highest BCUT2D eigenvalue weighted by atomic mass is 19.1. The van der Waals surface area contributed by atoms with Gasteiger partial charge in [-0.25, -0.2) is 4.39 Å². The molecule has 0 radical (unpaired) electrons. The summed E-state index contributed by atoms with van der Waals surface area (Å²) in [7, 11) is 1.57. The monoisotopic (exact) mass is 517 g/mol. The molecule has 38 heavy (non-hydrogen) atoms. The lowest BCUT2D eigenvalue weighted by Gasteiger charge is -2.26. The van der Waals surface area contributed by atoms with Crippen LogP contribution >= 0.6 is 0 Å². The van der Waals surface area contributed by atoms with Crippen molar-refractivity contribution < 1.29 is 28.6 Å². The van der Waals surface area contributed by atoms with E-state index >= 15 is 0 Å². The van der Waals surface area contributed by atoms with Crippen LogP contribution in [0.2, 0.25) is 0 Å². The topological polar surface area (TPSA) is 76.1 Å². The van der Waals surface area contributed by atoms with Crippen LogP contribution in [0.4, 0.5) is 4.39 Å². The van der Waals surface area contributed by atoms with Crippen LogP contribution in [0, 0.1) is 19.7 Å². The average molecular weight is 518 g/mol. The molecular formula is C31H32FNO5. The highest BCUT2D eigenvalue weighted by Gasteiger charge is 2.46. The Hall–Kier alpha value is -4.13. The van der Waals surface area contributed by atoms with E-state index in [2.05, 4.69) is 0 Å². The first kappa shape index (κ1) is 26.9. The van der Waals surface area contributed by atoms with Crippen LogP contribution in [0.1, 0.15) is 47.7 Å². The minimum atomic E-state index is -0.801. The molecule has 0 bridgehead atoms. The number of amides is 1. The van der Waals surface area contributed by atoms with Gasteiger partial charge in [0.15, 0.2) is 0 Å². The molecule has 1 saturated heterocycles. The van der Waals surface area contributed by atoms with Gasteiger partial charge in [-0.15, -0.1) is 0 Å². The number of hydrogen-bond acceptors (Lipinski definition) is 5. The van der Waals surface area contributed by atoms with Crippen molar-refractivity contribution in [3.8, 4) is 11.5 Å². The maximum Gasteiger partial charge on any atom is 0.295 e. The number of aryl methyl sites for hydroxylation is 2. The van der Waals surface area contributed by atoms with E-state index in [1.54, 1.807) is 55.6 Å². The van der Waals surface area contributed by atoms with E-state index in [1.807, 2.05) is 27.7 Å². The molecule has 7 heteroatoms. The molecular weight excluding hydrogens is 485 g/mol. The van der Waals surface area contributed by atoms with Crippen molar-refractivity contribution in [1.29, 1.82) is 0 Å². The predicted octanol–water partition coefficient (Wildman–Crippen LogP) is 5.90. The van der Waals surface area contributed by atoms with Crippen molar-refractivity contribution in [2.45, 2.75) is 46.3 Å². The first-order chi connectivity index (χ1) is 18.1. The number of ketones is 1. The second-order valence-corrected chi connectivity index (χ2v) is 9.74. The number of methoxy groups -OCH3 is 1. The Labute approximate surface area is 222 Å². The van der Waals surface area contributed by atoms with Crippen LogP contribution < -0.4 is 9.47 Å².